The Balaban J connectivity index is 2.15. The zero-order valence-corrected chi connectivity index (χ0v) is 10.4. The van der Waals surface area contributed by atoms with E-state index < -0.39 is 0 Å². The average Bonchev–Trinajstić information content (AvgIpc) is 2.39. The van der Waals surface area contributed by atoms with Gasteiger partial charge < -0.3 is 9.84 Å². The molecule has 0 amide bonds. The third-order valence-electron chi connectivity index (χ3n) is 3.10. The van der Waals surface area contributed by atoms with Gasteiger partial charge in [0.15, 0.2) is 0 Å². The largest absolute Gasteiger partial charge is 0.388 e. The van der Waals surface area contributed by atoms with E-state index in [0.717, 1.165) is 25.0 Å². The van der Waals surface area contributed by atoms with E-state index in [2.05, 4.69) is 6.07 Å². The monoisotopic (exact) mass is 238 g/mol. The Kier molecular flexibility index (Phi) is 4.27. The van der Waals surface area contributed by atoms with Gasteiger partial charge in [0, 0.05) is 17.4 Å². The summed E-state index contributed by atoms with van der Waals surface area (Å²) >= 11 is 1.69. The first-order chi connectivity index (χ1) is 7.83. The molecule has 1 aromatic rings. The molecular weight excluding hydrogens is 220 g/mol. The van der Waals surface area contributed by atoms with Crippen LogP contribution in [-0.2, 0) is 4.74 Å². The minimum Gasteiger partial charge on any atom is -0.388 e. The van der Waals surface area contributed by atoms with Crippen LogP contribution in [0.1, 0.15) is 24.5 Å². The van der Waals surface area contributed by atoms with Crippen LogP contribution in [0.25, 0.3) is 0 Å². The molecule has 88 valence electrons. The second-order valence-electron chi connectivity index (χ2n) is 4.16. The molecule has 0 bridgehead atoms. The third kappa shape index (κ3) is 2.59. The lowest BCUT2D eigenvalue weighted by atomic mass is 9.91. The zero-order chi connectivity index (χ0) is 11.4. The molecule has 1 aliphatic heterocycles. The summed E-state index contributed by atoms with van der Waals surface area (Å²) in [4.78, 5) is 1.17. The maximum Gasteiger partial charge on any atom is 0.0851 e. The van der Waals surface area contributed by atoms with Crippen LogP contribution in [0, 0.1) is 5.92 Å². The quantitative estimate of drug-likeness (QED) is 0.821. The summed E-state index contributed by atoms with van der Waals surface area (Å²) in [5, 5.41) is 10.4. The molecule has 2 unspecified atom stereocenters. The first kappa shape index (κ1) is 12.0. The molecule has 0 saturated carbocycles. The standard InChI is InChI=1S/C13H18O2S/c1-16-12-7-3-2-6-11(12)13(14)10-5-4-8-15-9-10/h2-3,6-7,10,13-14H,4-5,8-9H2,1H3. The average molecular weight is 238 g/mol. The molecule has 2 rings (SSSR count). The normalized spacial score (nSPS) is 23.0. The van der Waals surface area contributed by atoms with Gasteiger partial charge in [-0.25, -0.2) is 0 Å². The Morgan fingerprint density at radius 3 is 2.94 bits per heavy atom. The summed E-state index contributed by atoms with van der Waals surface area (Å²) in [6.45, 7) is 1.53. The molecule has 16 heavy (non-hydrogen) atoms. The number of benzene rings is 1. The predicted molar refractivity (Wildman–Crippen MR) is 66.7 cm³/mol. The van der Waals surface area contributed by atoms with Crippen molar-refractivity contribution in [2.24, 2.45) is 5.92 Å². The van der Waals surface area contributed by atoms with Crippen molar-refractivity contribution < 1.29 is 9.84 Å². The second kappa shape index (κ2) is 5.71. The minimum atomic E-state index is -0.385. The fourth-order valence-electron chi connectivity index (χ4n) is 2.18. The minimum absolute atomic E-state index is 0.252. The Hall–Kier alpha value is -0.510. The molecule has 1 heterocycles. The van der Waals surface area contributed by atoms with Crippen LogP contribution in [0.3, 0.4) is 0 Å². The van der Waals surface area contributed by atoms with E-state index >= 15 is 0 Å². The molecule has 0 aromatic heterocycles. The summed E-state index contributed by atoms with van der Waals surface area (Å²) < 4.78 is 5.43. The molecule has 0 radical (unpaired) electrons. The molecular formula is C13H18O2S. The van der Waals surface area contributed by atoms with Crippen molar-refractivity contribution in [2.75, 3.05) is 19.5 Å². The fraction of sp³-hybridized carbons (Fsp3) is 0.538. The SMILES string of the molecule is CSc1ccccc1C(O)C1CCCOC1. The summed E-state index contributed by atoms with van der Waals surface area (Å²) in [7, 11) is 0. The van der Waals surface area contributed by atoms with Gasteiger partial charge in [0.1, 0.15) is 0 Å². The lowest BCUT2D eigenvalue weighted by molar-refractivity contribution is -0.0109. The summed E-state index contributed by atoms with van der Waals surface area (Å²) in [6, 6.07) is 8.08. The Labute approximate surface area is 101 Å². The molecule has 1 aliphatic rings. The van der Waals surface area contributed by atoms with Gasteiger partial charge in [0.2, 0.25) is 0 Å². The highest BCUT2D eigenvalue weighted by atomic mass is 32.2. The van der Waals surface area contributed by atoms with E-state index in [1.54, 1.807) is 11.8 Å². The molecule has 1 fully saturated rings. The van der Waals surface area contributed by atoms with E-state index in [1.807, 2.05) is 24.5 Å². The Bertz CT molecular complexity index is 334. The van der Waals surface area contributed by atoms with Crippen molar-refractivity contribution in [3.05, 3.63) is 29.8 Å². The van der Waals surface area contributed by atoms with E-state index in [-0.39, 0.29) is 12.0 Å². The lowest BCUT2D eigenvalue weighted by Crippen LogP contribution is -2.24. The van der Waals surface area contributed by atoms with Crippen molar-refractivity contribution in [1.29, 1.82) is 0 Å². The Morgan fingerprint density at radius 1 is 1.44 bits per heavy atom. The van der Waals surface area contributed by atoms with Crippen LogP contribution in [0.15, 0.2) is 29.2 Å². The van der Waals surface area contributed by atoms with Crippen molar-refractivity contribution >= 4 is 11.8 Å². The smallest absolute Gasteiger partial charge is 0.0851 e. The molecule has 1 N–H and O–H groups in total. The summed E-state index contributed by atoms with van der Waals surface area (Å²) in [5.74, 6) is 0.252. The van der Waals surface area contributed by atoms with Crippen LogP contribution in [0.5, 0.6) is 0 Å². The third-order valence-corrected chi connectivity index (χ3v) is 3.91. The molecule has 0 spiro atoms. The van der Waals surface area contributed by atoms with E-state index in [9.17, 15) is 5.11 Å². The summed E-state index contributed by atoms with van der Waals surface area (Å²) in [6.07, 6.45) is 3.78. The first-order valence-electron chi connectivity index (χ1n) is 5.71. The van der Waals surface area contributed by atoms with Gasteiger partial charge >= 0.3 is 0 Å². The number of aliphatic hydroxyl groups is 1. The highest BCUT2D eigenvalue weighted by Crippen LogP contribution is 2.33. The van der Waals surface area contributed by atoms with Gasteiger partial charge in [0.25, 0.3) is 0 Å². The molecule has 1 aromatic carbocycles. The van der Waals surface area contributed by atoms with Crippen LogP contribution >= 0.6 is 11.8 Å². The van der Waals surface area contributed by atoms with Crippen LogP contribution in [-0.4, -0.2) is 24.6 Å². The number of aliphatic hydroxyl groups excluding tert-OH is 1. The Morgan fingerprint density at radius 2 is 2.25 bits per heavy atom. The van der Waals surface area contributed by atoms with Gasteiger partial charge in [0.05, 0.1) is 12.7 Å². The maximum atomic E-state index is 10.4. The zero-order valence-electron chi connectivity index (χ0n) is 9.56. The number of thioether (sulfide) groups is 1. The number of ether oxygens (including phenoxy) is 1. The lowest BCUT2D eigenvalue weighted by Gasteiger charge is -2.27. The van der Waals surface area contributed by atoms with E-state index in [0.29, 0.717) is 6.61 Å². The van der Waals surface area contributed by atoms with Crippen molar-refractivity contribution in [2.45, 2.75) is 23.8 Å². The van der Waals surface area contributed by atoms with Gasteiger partial charge in [-0.05, 0) is 30.7 Å². The highest BCUT2D eigenvalue weighted by Gasteiger charge is 2.25. The number of hydrogen-bond acceptors (Lipinski definition) is 3. The molecule has 2 atom stereocenters. The molecule has 3 heteroatoms. The van der Waals surface area contributed by atoms with E-state index in [4.69, 9.17) is 4.74 Å². The van der Waals surface area contributed by atoms with Gasteiger partial charge in [-0.3, -0.25) is 0 Å². The van der Waals surface area contributed by atoms with Gasteiger partial charge in [-0.1, -0.05) is 18.2 Å². The van der Waals surface area contributed by atoms with Crippen LogP contribution < -0.4 is 0 Å². The number of hydrogen-bond donors (Lipinski definition) is 1. The highest BCUT2D eigenvalue weighted by molar-refractivity contribution is 7.98. The van der Waals surface area contributed by atoms with Crippen molar-refractivity contribution in [3.63, 3.8) is 0 Å². The van der Waals surface area contributed by atoms with Gasteiger partial charge in [-0.2, -0.15) is 0 Å². The van der Waals surface area contributed by atoms with Crippen LogP contribution in [0.4, 0.5) is 0 Å². The predicted octanol–water partition coefficient (Wildman–Crippen LogP) is 2.87. The first-order valence-corrected chi connectivity index (χ1v) is 6.94. The van der Waals surface area contributed by atoms with Crippen molar-refractivity contribution in [1.82, 2.24) is 0 Å². The number of rotatable bonds is 3. The van der Waals surface area contributed by atoms with Gasteiger partial charge in [-0.15, -0.1) is 11.8 Å². The topological polar surface area (TPSA) is 29.5 Å². The maximum absolute atomic E-state index is 10.4. The van der Waals surface area contributed by atoms with Crippen molar-refractivity contribution in [3.8, 4) is 0 Å². The van der Waals surface area contributed by atoms with E-state index in [1.165, 1.54) is 4.90 Å². The fourth-order valence-corrected chi connectivity index (χ4v) is 2.82. The summed E-state index contributed by atoms with van der Waals surface area (Å²) in [5.41, 5.74) is 1.05. The molecule has 2 nitrogen and oxygen atoms in total. The van der Waals surface area contributed by atoms with Crippen LogP contribution in [0.2, 0.25) is 0 Å². The second-order valence-corrected chi connectivity index (χ2v) is 5.01. The molecule has 1 saturated heterocycles. The molecule has 0 aliphatic carbocycles.